The second-order valence-corrected chi connectivity index (χ2v) is 9.23. The van der Waals surface area contributed by atoms with E-state index in [1.165, 1.54) is 6.42 Å². The molecule has 0 aliphatic heterocycles. The summed E-state index contributed by atoms with van der Waals surface area (Å²) in [6.45, 7) is 23.0. The monoisotopic (exact) mass is 234 g/mol. The van der Waals surface area contributed by atoms with Crippen LogP contribution in [-0.2, 0) is 0 Å². The van der Waals surface area contributed by atoms with Crippen LogP contribution < -0.4 is 0 Å². The maximum atomic E-state index is 2.60. The van der Waals surface area contributed by atoms with Gasteiger partial charge in [-0.25, -0.2) is 0 Å². The van der Waals surface area contributed by atoms with Gasteiger partial charge in [-0.15, -0.1) is 0 Å². The Bertz CT molecular complexity index is 400. The summed E-state index contributed by atoms with van der Waals surface area (Å²) in [5.74, 6) is 0.866. The van der Waals surface area contributed by atoms with Crippen LogP contribution in [0.15, 0.2) is 0 Å². The largest absolute Gasteiger partial charge is 0.0614 e. The summed E-state index contributed by atoms with van der Waals surface area (Å²) in [6.07, 6.45) is 1.43. The molecule has 0 aromatic carbocycles. The van der Waals surface area contributed by atoms with Crippen LogP contribution in [-0.4, -0.2) is 0 Å². The first-order valence-electron chi connectivity index (χ1n) is 7.36. The second-order valence-electron chi connectivity index (χ2n) is 9.23. The topological polar surface area (TPSA) is 0 Å². The fourth-order valence-corrected chi connectivity index (χ4v) is 7.71. The van der Waals surface area contributed by atoms with E-state index in [0.717, 1.165) is 5.92 Å². The highest BCUT2D eigenvalue weighted by atomic mass is 15.0. The average Bonchev–Trinajstić information content (AvgIpc) is 2.25. The highest BCUT2D eigenvalue weighted by molar-refractivity contribution is 5.41. The minimum atomic E-state index is 0.429. The summed E-state index contributed by atoms with van der Waals surface area (Å²) in [6, 6.07) is 0. The van der Waals surface area contributed by atoms with Crippen LogP contribution in [0.5, 0.6) is 0 Å². The van der Waals surface area contributed by atoms with Gasteiger partial charge >= 0.3 is 0 Å². The van der Waals surface area contributed by atoms with Crippen LogP contribution in [0.3, 0.4) is 0 Å². The average molecular weight is 234 g/mol. The van der Waals surface area contributed by atoms with E-state index >= 15 is 0 Å². The Kier molecular flexibility index (Phi) is 1.60. The Balaban J connectivity index is 2.31. The van der Waals surface area contributed by atoms with Gasteiger partial charge in [0, 0.05) is 0 Å². The van der Waals surface area contributed by atoms with Gasteiger partial charge in [0.2, 0.25) is 0 Å². The highest BCUT2D eigenvalue weighted by Gasteiger charge is 2.94. The van der Waals surface area contributed by atoms with Crippen molar-refractivity contribution in [3.8, 4) is 0 Å². The summed E-state index contributed by atoms with van der Waals surface area (Å²) >= 11 is 0. The van der Waals surface area contributed by atoms with E-state index in [2.05, 4.69) is 62.3 Å². The molecule has 3 fully saturated rings. The maximum Gasteiger partial charge on any atom is -0.0148 e. The van der Waals surface area contributed by atoms with Crippen LogP contribution in [0, 0.1) is 38.4 Å². The fraction of sp³-hybridized carbons (Fsp3) is 1.00. The van der Waals surface area contributed by atoms with E-state index in [4.69, 9.17) is 0 Å². The molecule has 0 N–H and O–H groups in total. The van der Waals surface area contributed by atoms with Crippen molar-refractivity contribution >= 4 is 0 Å². The lowest BCUT2D eigenvalue weighted by atomic mass is 9.19. The first-order valence-corrected chi connectivity index (χ1v) is 7.36. The maximum absolute atomic E-state index is 2.60. The molecule has 0 amide bonds. The fourth-order valence-electron chi connectivity index (χ4n) is 7.71. The molecule has 3 aliphatic carbocycles. The van der Waals surface area contributed by atoms with Crippen LogP contribution in [0.1, 0.15) is 68.7 Å². The highest BCUT2D eigenvalue weighted by Crippen LogP contribution is 3.00. The Morgan fingerprint density at radius 2 is 1.24 bits per heavy atom. The van der Waals surface area contributed by atoms with Gasteiger partial charge in [0.1, 0.15) is 0 Å². The lowest BCUT2D eigenvalue weighted by molar-refractivity contribution is -0.373. The quantitative estimate of drug-likeness (QED) is 0.545. The minimum Gasteiger partial charge on any atom is -0.0614 e. The lowest BCUT2D eigenvalue weighted by Gasteiger charge is -2.84. The summed E-state index contributed by atoms with van der Waals surface area (Å²) in [5, 5.41) is 0. The van der Waals surface area contributed by atoms with Gasteiger partial charge in [-0.3, -0.25) is 0 Å². The predicted molar refractivity (Wildman–Crippen MR) is 73.8 cm³/mol. The van der Waals surface area contributed by atoms with Crippen molar-refractivity contribution in [2.24, 2.45) is 38.4 Å². The molecule has 3 rings (SSSR count). The third-order valence-electron chi connectivity index (χ3n) is 10.1. The van der Waals surface area contributed by atoms with Gasteiger partial charge in [0.05, 0.1) is 0 Å². The van der Waals surface area contributed by atoms with E-state index in [0.29, 0.717) is 32.5 Å². The Labute approximate surface area is 108 Å². The molecular formula is C17H30. The molecule has 17 heavy (non-hydrogen) atoms. The van der Waals surface area contributed by atoms with Gasteiger partial charge in [-0.2, -0.15) is 0 Å². The summed E-state index contributed by atoms with van der Waals surface area (Å²) in [4.78, 5) is 0. The van der Waals surface area contributed by atoms with Crippen molar-refractivity contribution in [3.05, 3.63) is 0 Å². The molecule has 0 radical (unpaired) electrons. The van der Waals surface area contributed by atoms with Crippen LogP contribution >= 0.6 is 0 Å². The van der Waals surface area contributed by atoms with E-state index in [-0.39, 0.29) is 0 Å². The molecular weight excluding hydrogens is 204 g/mol. The van der Waals surface area contributed by atoms with Gasteiger partial charge < -0.3 is 0 Å². The molecule has 5 unspecified atom stereocenters. The van der Waals surface area contributed by atoms with E-state index in [1.54, 1.807) is 0 Å². The number of hydrogen-bond acceptors (Lipinski definition) is 0. The zero-order valence-electron chi connectivity index (χ0n) is 13.3. The smallest absolute Gasteiger partial charge is 0.0148 e. The standard InChI is InChI=1S/C17H30/c1-11-14(6)10-15(7)12(2,3)13(4,5)16(11,8)17(14,15)9/h11H,10H2,1-9H3. The molecule has 0 heteroatoms. The number of hydrogen-bond donors (Lipinski definition) is 0. The van der Waals surface area contributed by atoms with Gasteiger partial charge in [-0.1, -0.05) is 62.3 Å². The van der Waals surface area contributed by atoms with Crippen molar-refractivity contribution in [2.45, 2.75) is 68.7 Å². The number of rotatable bonds is 0. The second kappa shape index (κ2) is 2.25. The van der Waals surface area contributed by atoms with Crippen molar-refractivity contribution in [1.29, 1.82) is 0 Å². The summed E-state index contributed by atoms with van der Waals surface area (Å²) < 4.78 is 0. The van der Waals surface area contributed by atoms with Crippen molar-refractivity contribution in [2.75, 3.05) is 0 Å². The van der Waals surface area contributed by atoms with E-state index in [1.807, 2.05) is 0 Å². The SMILES string of the molecule is CC1C2(C)CC3(C)C(C)(C)C(C)(C)C1(C)C23C. The summed E-state index contributed by atoms with van der Waals surface area (Å²) in [7, 11) is 0. The summed E-state index contributed by atoms with van der Waals surface area (Å²) in [5.41, 5.74) is 3.04. The third-order valence-corrected chi connectivity index (χ3v) is 10.1. The van der Waals surface area contributed by atoms with Crippen LogP contribution in [0.25, 0.3) is 0 Å². The van der Waals surface area contributed by atoms with Gasteiger partial charge in [0.15, 0.2) is 0 Å². The molecule has 0 heterocycles. The third kappa shape index (κ3) is 0.605. The van der Waals surface area contributed by atoms with Crippen molar-refractivity contribution in [3.63, 3.8) is 0 Å². The Morgan fingerprint density at radius 1 is 0.765 bits per heavy atom. The van der Waals surface area contributed by atoms with Crippen molar-refractivity contribution in [1.82, 2.24) is 0 Å². The van der Waals surface area contributed by atoms with Crippen LogP contribution in [0.4, 0.5) is 0 Å². The predicted octanol–water partition coefficient (Wildman–Crippen LogP) is 5.13. The molecule has 0 nitrogen and oxygen atoms in total. The first-order chi connectivity index (χ1) is 7.36. The van der Waals surface area contributed by atoms with Gasteiger partial charge in [0.25, 0.3) is 0 Å². The molecule has 0 aromatic rings. The van der Waals surface area contributed by atoms with Crippen molar-refractivity contribution < 1.29 is 0 Å². The Hall–Kier alpha value is 0. The molecule has 98 valence electrons. The first kappa shape index (κ1) is 12.1. The molecule has 3 aliphatic rings. The zero-order chi connectivity index (χ0) is 13.3. The van der Waals surface area contributed by atoms with E-state index < -0.39 is 0 Å². The molecule has 0 saturated heterocycles. The zero-order valence-corrected chi connectivity index (χ0v) is 13.3. The normalized spacial score (nSPS) is 65.8. The molecule has 0 aromatic heterocycles. The molecule has 0 bridgehead atoms. The molecule has 5 atom stereocenters. The molecule has 3 saturated carbocycles. The molecule has 0 spiro atoms. The van der Waals surface area contributed by atoms with Gasteiger partial charge in [-0.05, 0) is 44.8 Å². The lowest BCUT2D eigenvalue weighted by Crippen LogP contribution is -2.79. The Morgan fingerprint density at radius 3 is 1.65 bits per heavy atom. The minimum absolute atomic E-state index is 0.429. The van der Waals surface area contributed by atoms with E-state index in [9.17, 15) is 0 Å². The van der Waals surface area contributed by atoms with Crippen LogP contribution in [0.2, 0.25) is 0 Å².